The van der Waals surface area contributed by atoms with E-state index >= 15 is 0 Å². The number of ether oxygens (including phenoxy) is 1. The lowest BCUT2D eigenvalue weighted by Gasteiger charge is -2.18. The Balaban J connectivity index is 2.61. The number of hydrogen-bond donors (Lipinski definition) is 0. The number of hydrogen-bond acceptors (Lipinski definition) is 5. The highest BCUT2D eigenvalue weighted by Crippen LogP contribution is 2.22. The zero-order valence-electron chi connectivity index (χ0n) is 10.8. The maximum atomic E-state index is 10.9. The molecule has 0 heterocycles. The van der Waals surface area contributed by atoms with Crippen LogP contribution < -0.4 is 4.74 Å². The largest absolute Gasteiger partial charge is 0.492 e. The van der Waals surface area contributed by atoms with Crippen LogP contribution in [0.3, 0.4) is 0 Å². The van der Waals surface area contributed by atoms with E-state index < -0.39 is 0 Å². The van der Waals surface area contributed by atoms with Crippen molar-refractivity contribution in [3.63, 3.8) is 0 Å². The zero-order valence-corrected chi connectivity index (χ0v) is 10.8. The molecule has 5 nitrogen and oxygen atoms in total. The summed E-state index contributed by atoms with van der Waals surface area (Å²) in [6.45, 7) is 7.42. The Kier molecular flexibility index (Phi) is 6.00. The number of aldehydes is 1. The third-order valence-corrected chi connectivity index (χ3v) is 2.79. The number of nitroso groups, excluding NO2 is 1. The lowest BCUT2D eigenvalue weighted by Crippen LogP contribution is -2.28. The molecule has 0 aliphatic heterocycles. The highest BCUT2D eigenvalue weighted by molar-refractivity contribution is 5.81. The van der Waals surface area contributed by atoms with Gasteiger partial charge in [0.15, 0.2) is 6.29 Å². The van der Waals surface area contributed by atoms with Crippen molar-refractivity contribution in [2.45, 2.75) is 13.8 Å². The number of nitrogens with zero attached hydrogens (tertiary/aromatic N) is 2. The van der Waals surface area contributed by atoms with Gasteiger partial charge in [0, 0.05) is 6.54 Å². The van der Waals surface area contributed by atoms with E-state index in [4.69, 9.17) is 4.74 Å². The van der Waals surface area contributed by atoms with Crippen LogP contribution in [0.4, 0.5) is 5.69 Å². The molecule has 0 spiro atoms. The molecule has 0 amide bonds. The molecule has 0 aliphatic carbocycles. The Morgan fingerprint density at radius 3 is 2.61 bits per heavy atom. The molecule has 0 saturated heterocycles. The normalized spacial score (nSPS) is 10.4. The molecule has 0 fully saturated rings. The van der Waals surface area contributed by atoms with Gasteiger partial charge in [-0.1, -0.05) is 13.8 Å². The second kappa shape index (κ2) is 7.55. The summed E-state index contributed by atoms with van der Waals surface area (Å²) in [6, 6.07) is 4.56. The molecule has 0 N–H and O–H groups in total. The summed E-state index contributed by atoms with van der Waals surface area (Å²) in [5.41, 5.74) is 0.583. The van der Waals surface area contributed by atoms with Crippen LogP contribution in [0.5, 0.6) is 5.75 Å². The van der Waals surface area contributed by atoms with Gasteiger partial charge in [-0.25, -0.2) is 0 Å². The summed E-state index contributed by atoms with van der Waals surface area (Å²) in [6.07, 6.45) is 0.668. The van der Waals surface area contributed by atoms with E-state index in [-0.39, 0.29) is 5.69 Å². The summed E-state index contributed by atoms with van der Waals surface area (Å²) in [7, 11) is 0. The van der Waals surface area contributed by atoms with Crippen LogP contribution >= 0.6 is 0 Å². The SMILES string of the molecule is CCN(CC)CCOc1ccc(N=O)cc1C=O. The average Bonchev–Trinajstić information content (AvgIpc) is 2.43. The van der Waals surface area contributed by atoms with E-state index in [1.54, 1.807) is 6.07 Å². The molecule has 98 valence electrons. The minimum absolute atomic E-state index is 0.230. The van der Waals surface area contributed by atoms with Crippen molar-refractivity contribution in [1.82, 2.24) is 4.90 Å². The standard InChI is InChI=1S/C13H18N2O3/c1-3-15(4-2)7-8-18-13-6-5-12(14-17)9-11(13)10-16/h5-6,9-10H,3-4,7-8H2,1-2H3. The fourth-order valence-corrected chi connectivity index (χ4v) is 1.64. The predicted molar refractivity (Wildman–Crippen MR) is 70.6 cm³/mol. The second-order valence-corrected chi connectivity index (χ2v) is 3.81. The van der Waals surface area contributed by atoms with Gasteiger partial charge in [0.25, 0.3) is 0 Å². The molecular weight excluding hydrogens is 232 g/mol. The van der Waals surface area contributed by atoms with Crippen molar-refractivity contribution in [3.8, 4) is 5.75 Å². The minimum Gasteiger partial charge on any atom is -0.492 e. The lowest BCUT2D eigenvalue weighted by atomic mass is 10.2. The molecule has 0 bridgehead atoms. The van der Waals surface area contributed by atoms with Gasteiger partial charge in [0.2, 0.25) is 0 Å². The molecule has 0 saturated carbocycles. The first-order valence-electron chi connectivity index (χ1n) is 6.02. The average molecular weight is 250 g/mol. The van der Waals surface area contributed by atoms with Crippen LogP contribution in [0, 0.1) is 4.91 Å². The third kappa shape index (κ3) is 3.92. The molecule has 0 aromatic heterocycles. The molecule has 1 rings (SSSR count). The topological polar surface area (TPSA) is 59.0 Å². The Morgan fingerprint density at radius 1 is 1.33 bits per heavy atom. The first kappa shape index (κ1) is 14.3. The van der Waals surface area contributed by atoms with E-state index in [1.807, 2.05) is 0 Å². The molecule has 1 aromatic carbocycles. The van der Waals surface area contributed by atoms with Crippen LogP contribution in [0.25, 0.3) is 0 Å². The molecule has 5 heteroatoms. The summed E-state index contributed by atoms with van der Waals surface area (Å²) < 4.78 is 5.55. The van der Waals surface area contributed by atoms with Crippen LogP contribution in [0.2, 0.25) is 0 Å². The fourth-order valence-electron chi connectivity index (χ4n) is 1.64. The van der Waals surface area contributed by atoms with Crippen molar-refractivity contribution in [2.24, 2.45) is 5.18 Å². The van der Waals surface area contributed by atoms with Gasteiger partial charge in [-0.2, -0.15) is 0 Å². The molecule has 0 unspecified atom stereocenters. The van der Waals surface area contributed by atoms with Crippen molar-refractivity contribution in [3.05, 3.63) is 28.7 Å². The zero-order chi connectivity index (χ0) is 13.4. The lowest BCUT2D eigenvalue weighted by molar-refractivity contribution is 0.111. The Morgan fingerprint density at radius 2 is 2.06 bits per heavy atom. The van der Waals surface area contributed by atoms with Crippen LogP contribution in [-0.2, 0) is 0 Å². The van der Waals surface area contributed by atoms with Crippen molar-refractivity contribution < 1.29 is 9.53 Å². The van der Waals surface area contributed by atoms with Crippen LogP contribution in [-0.4, -0.2) is 37.4 Å². The monoisotopic (exact) mass is 250 g/mol. The van der Waals surface area contributed by atoms with Gasteiger partial charge in [0.05, 0.1) is 5.56 Å². The Bertz CT molecular complexity index is 403. The van der Waals surface area contributed by atoms with Gasteiger partial charge in [-0.05, 0) is 36.5 Å². The Labute approximate surface area is 107 Å². The number of rotatable bonds is 8. The van der Waals surface area contributed by atoms with Crippen molar-refractivity contribution in [2.75, 3.05) is 26.2 Å². The molecule has 0 aliphatic rings. The minimum atomic E-state index is 0.230. The van der Waals surface area contributed by atoms with E-state index in [2.05, 4.69) is 23.9 Å². The smallest absolute Gasteiger partial charge is 0.153 e. The first-order valence-corrected chi connectivity index (χ1v) is 6.02. The van der Waals surface area contributed by atoms with Gasteiger partial charge >= 0.3 is 0 Å². The first-order chi connectivity index (χ1) is 8.74. The van der Waals surface area contributed by atoms with Gasteiger partial charge in [-0.15, -0.1) is 4.91 Å². The number of benzene rings is 1. The summed E-state index contributed by atoms with van der Waals surface area (Å²) in [5.74, 6) is 0.490. The number of carbonyl (C=O) groups is 1. The molecule has 0 atom stereocenters. The van der Waals surface area contributed by atoms with E-state index in [9.17, 15) is 9.70 Å². The molecule has 1 aromatic rings. The van der Waals surface area contributed by atoms with E-state index in [0.717, 1.165) is 19.6 Å². The van der Waals surface area contributed by atoms with E-state index in [1.165, 1.54) is 12.1 Å². The third-order valence-electron chi connectivity index (χ3n) is 2.79. The van der Waals surface area contributed by atoms with E-state index in [0.29, 0.717) is 24.2 Å². The van der Waals surface area contributed by atoms with Crippen molar-refractivity contribution >= 4 is 12.0 Å². The second-order valence-electron chi connectivity index (χ2n) is 3.81. The maximum absolute atomic E-state index is 10.9. The Hall–Kier alpha value is -1.75. The molecular formula is C13H18N2O3. The van der Waals surface area contributed by atoms with Gasteiger partial charge in [0.1, 0.15) is 18.0 Å². The van der Waals surface area contributed by atoms with Crippen LogP contribution in [0.15, 0.2) is 23.4 Å². The summed E-state index contributed by atoms with van der Waals surface area (Å²) in [4.78, 5) is 23.4. The van der Waals surface area contributed by atoms with Gasteiger partial charge < -0.3 is 9.64 Å². The maximum Gasteiger partial charge on any atom is 0.153 e. The van der Waals surface area contributed by atoms with Crippen LogP contribution in [0.1, 0.15) is 24.2 Å². The fraction of sp³-hybridized carbons (Fsp3) is 0.462. The number of carbonyl (C=O) groups excluding carboxylic acids is 1. The highest BCUT2D eigenvalue weighted by Gasteiger charge is 2.06. The van der Waals surface area contributed by atoms with Crippen molar-refractivity contribution in [1.29, 1.82) is 0 Å². The highest BCUT2D eigenvalue weighted by atomic mass is 16.5. The predicted octanol–water partition coefficient (Wildman–Crippen LogP) is 2.62. The summed E-state index contributed by atoms with van der Waals surface area (Å²) in [5, 5.41) is 2.78. The quantitative estimate of drug-likeness (QED) is 0.525. The number of likely N-dealkylation sites (N-methyl/N-ethyl adjacent to an activating group) is 1. The summed E-state index contributed by atoms with van der Waals surface area (Å²) >= 11 is 0. The molecule has 0 radical (unpaired) electrons. The molecule has 18 heavy (non-hydrogen) atoms. The van der Waals surface area contributed by atoms with Gasteiger partial charge in [-0.3, -0.25) is 4.79 Å².